The van der Waals surface area contributed by atoms with Crippen molar-refractivity contribution in [2.75, 3.05) is 0 Å². The highest BCUT2D eigenvalue weighted by Gasteiger charge is 2.70. The molecule has 5 rings (SSSR count). The fraction of sp³-hybridized carbons (Fsp3) is 0.939. The Bertz CT molecular complexity index is 999. The van der Waals surface area contributed by atoms with E-state index in [1.807, 2.05) is 13.8 Å². The number of rotatable bonds is 5. The van der Waals surface area contributed by atoms with Crippen LogP contribution >= 0.6 is 0 Å². The van der Waals surface area contributed by atoms with Crippen LogP contribution < -0.4 is 0 Å². The molecule has 1 aliphatic heterocycles. The standard InChI is InChI=1S/C33H54O6/c1-28(2)22-12-17-32(7)23(30(22,5)15-13-24(28)38-27(36)19-26(34)35)10-9-20-21(11-16-31(20,32)6)33(8)18-14-25(39-33)29(3,4)37/h20-25,37H,9-19H2,1-8H3,(H,34,35)/t20?,21-,22?,23?,24+,25-,30-,31+,32+,33?/m0/s1. The van der Waals surface area contributed by atoms with E-state index in [9.17, 15) is 14.7 Å². The van der Waals surface area contributed by atoms with Gasteiger partial charge in [0.1, 0.15) is 12.5 Å². The molecule has 10 atom stereocenters. The van der Waals surface area contributed by atoms with E-state index >= 15 is 0 Å². The van der Waals surface area contributed by atoms with Crippen molar-refractivity contribution in [3.63, 3.8) is 0 Å². The van der Waals surface area contributed by atoms with Crippen LogP contribution in [0.3, 0.4) is 0 Å². The Morgan fingerprint density at radius 2 is 1.49 bits per heavy atom. The van der Waals surface area contributed by atoms with Gasteiger partial charge in [-0.2, -0.15) is 0 Å². The minimum Gasteiger partial charge on any atom is -0.481 e. The minimum absolute atomic E-state index is 0.0855. The Labute approximate surface area is 236 Å². The van der Waals surface area contributed by atoms with Gasteiger partial charge in [-0.25, -0.2) is 0 Å². The largest absolute Gasteiger partial charge is 0.481 e. The molecular weight excluding hydrogens is 492 g/mol. The Balaban J connectivity index is 1.38. The molecule has 0 bridgehead atoms. The maximum atomic E-state index is 12.3. The molecule has 4 aliphatic carbocycles. The van der Waals surface area contributed by atoms with Crippen molar-refractivity contribution >= 4 is 11.9 Å². The van der Waals surface area contributed by atoms with Gasteiger partial charge in [0, 0.05) is 5.41 Å². The van der Waals surface area contributed by atoms with E-state index in [0.717, 1.165) is 32.1 Å². The molecular formula is C33H54O6. The van der Waals surface area contributed by atoms with E-state index in [0.29, 0.717) is 23.7 Å². The van der Waals surface area contributed by atoms with Gasteiger partial charge in [0.05, 0.1) is 17.3 Å². The van der Waals surface area contributed by atoms with Crippen molar-refractivity contribution in [3.05, 3.63) is 0 Å². The van der Waals surface area contributed by atoms with E-state index < -0.39 is 24.0 Å². The number of esters is 1. The smallest absolute Gasteiger partial charge is 0.317 e. The van der Waals surface area contributed by atoms with Crippen LogP contribution in [0.1, 0.15) is 126 Å². The average Bonchev–Trinajstić information content (AvgIpc) is 3.37. The molecule has 0 amide bonds. The first kappa shape index (κ1) is 29.4. The lowest BCUT2D eigenvalue weighted by atomic mass is 9.35. The Morgan fingerprint density at radius 3 is 2.10 bits per heavy atom. The van der Waals surface area contributed by atoms with Gasteiger partial charge in [-0.3, -0.25) is 9.59 Å². The Morgan fingerprint density at radius 1 is 0.821 bits per heavy atom. The number of carboxylic acid groups (broad SMARTS) is 1. The molecule has 222 valence electrons. The number of hydrogen-bond acceptors (Lipinski definition) is 5. The van der Waals surface area contributed by atoms with Gasteiger partial charge in [-0.1, -0.05) is 34.6 Å². The summed E-state index contributed by atoms with van der Waals surface area (Å²) in [5, 5.41) is 19.7. The van der Waals surface area contributed by atoms with Crippen LogP contribution in [0, 0.1) is 45.3 Å². The summed E-state index contributed by atoms with van der Waals surface area (Å²) in [5.41, 5.74) is -0.443. The first-order valence-corrected chi connectivity index (χ1v) is 15.7. The van der Waals surface area contributed by atoms with Crippen molar-refractivity contribution in [1.82, 2.24) is 0 Å². The van der Waals surface area contributed by atoms with Crippen LogP contribution in [0.5, 0.6) is 0 Å². The Hall–Kier alpha value is -1.14. The number of carboxylic acids is 1. The predicted molar refractivity (Wildman–Crippen MR) is 150 cm³/mol. The fourth-order valence-corrected chi connectivity index (χ4v) is 11.6. The lowest BCUT2D eigenvalue weighted by Crippen LogP contribution is -2.64. The van der Waals surface area contributed by atoms with E-state index in [2.05, 4.69) is 41.5 Å². The fourth-order valence-electron chi connectivity index (χ4n) is 11.6. The topological polar surface area (TPSA) is 93.1 Å². The molecule has 0 aromatic heterocycles. The summed E-state index contributed by atoms with van der Waals surface area (Å²) < 4.78 is 12.6. The number of carbonyl (C=O) groups is 2. The molecule has 5 fully saturated rings. The van der Waals surface area contributed by atoms with Gasteiger partial charge in [0.25, 0.3) is 0 Å². The van der Waals surface area contributed by atoms with Crippen LogP contribution in [-0.4, -0.2) is 45.6 Å². The summed E-state index contributed by atoms with van der Waals surface area (Å²) >= 11 is 0. The van der Waals surface area contributed by atoms with Gasteiger partial charge in [0.15, 0.2) is 0 Å². The van der Waals surface area contributed by atoms with Crippen LogP contribution in [-0.2, 0) is 19.1 Å². The molecule has 0 aromatic carbocycles. The summed E-state index contributed by atoms with van der Waals surface area (Å²) in [6.07, 6.45) is 10.2. The lowest BCUT2D eigenvalue weighted by molar-refractivity contribution is -0.231. The zero-order valence-corrected chi connectivity index (χ0v) is 25.8. The number of ether oxygens (including phenoxy) is 2. The molecule has 5 aliphatic rings. The molecule has 1 heterocycles. The first-order chi connectivity index (χ1) is 17.9. The molecule has 1 saturated heterocycles. The third-order valence-corrected chi connectivity index (χ3v) is 13.8. The lowest BCUT2D eigenvalue weighted by Gasteiger charge is -2.70. The highest BCUT2D eigenvalue weighted by atomic mass is 16.5. The molecule has 6 nitrogen and oxygen atoms in total. The third-order valence-electron chi connectivity index (χ3n) is 13.8. The highest BCUT2D eigenvalue weighted by Crippen LogP contribution is 2.76. The van der Waals surface area contributed by atoms with Crippen LogP contribution in [0.15, 0.2) is 0 Å². The molecule has 6 heteroatoms. The van der Waals surface area contributed by atoms with Crippen molar-refractivity contribution < 1.29 is 29.3 Å². The number of hydrogen-bond donors (Lipinski definition) is 2. The number of fused-ring (bicyclic) bond motifs is 5. The predicted octanol–water partition coefficient (Wildman–Crippen LogP) is 6.77. The number of aliphatic carboxylic acids is 1. The molecule has 0 aromatic rings. The minimum atomic E-state index is -1.13. The zero-order valence-electron chi connectivity index (χ0n) is 25.8. The van der Waals surface area contributed by atoms with Crippen LogP contribution in [0.25, 0.3) is 0 Å². The second-order valence-corrected chi connectivity index (χ2v) is 16.3. The van der Waals surface area contributed by atoms with E-state index in [1.54, 1.807) is 0 Å². The maximum Gasteiger partial charge on any atom is 0.317 e. The second kappa shape index (κ2) is 9.18. The normalized spacial score (nSPS) is 49.1. The van der Waals surface area contributed by atoms with Crippen molar-refractivity contribution in [2.45, 2.75) is 149 Å². The quantitative estimate of drug-likeness (QED) is 0.292. The summed E-state index contributed by atoms with van der Waals surface area (Å²) in [5.74, 6) is 0.522. The summed E-state index contributed by atoms with van der Waals surface area (Å²) in [6.45, 7) is 18.4. The van der Waals surface area contributed by atoms with Gasteiger partial charge in [0.2, 0.25) is 0 Å². The molecule has 4 unspecified atom stereocenters. The molecule has 4 saturated carbocycles. The molecule has 0 radical (unpaired) electrons. The summed E-state index contributed by atoms with van der Waals surface area (Å²) in [6, 6.07) is 0. The highest BCUT2D eigenvalue weighted by molar-refractivity contribution is 5.90. The molecule has 0 spiro atoms. The van der Waals surface area contributed by atoms with Crippen molar-refractivity contribution in [2.24, 2.45) is 45.3 Å². The van der Waals surface area contributed by atoms with Crippen molar-refractivity contribution in [1.29, 1.82) is 0 Å². The average molecular weight is 547 g/mol. The summed E-state index contributed by atoms with van der Waals surface area (Å²) in [7, 11) is 0. The van der Waals surface area contributed by atoms with E-state index in [-0.39, 0.29) is 39.5 Å². The number of carbonyl (C=O) groups excluding carboxylic acids is 1. The second-order valence-electron chi connectivity index (χ2n) is 16.3. The van der Waals surface area contributed by atoms with Gasteiger partial charge in [-0.05, 0) is 125 Å². The van der Waals surface area contributed by atoms with Gasteiger partial charge < -0.3 is 19.7 Å². The molecule has 39 heavy (non-hydrogen) atoms. The van der Waals surface area contributed by atoms with Crippen LogP contribution in [0.4, 0.5) is 0 Å². The SMILES string of the molecule is CC(C)(O)[C@@H]1CCC(C)([C@H]2CC[C@]3(C)C2CCC2[C@@]4(C)CC[C@@H](OC(=O)CC(=O)O)C(C)(C)C4CC[C@]23C)O1. The zero-order chi connectivity index (χ0) is 28.8. The number of aliphatic hydroxyl groups is 1. The Kier molecular flexibility index (Phi) is 6.91. The monoisotopic (exact) mass is 546 g/mol. The van der Waals surface area contributed by atoms with Gasteiger partial charge in [-0.15, -0.1) is 0 Å². The maximum absolute atomic E-state index is 12.3. The van der Waals surface area contributed by atoms with Gasteiger partial charge >= 0.3 is 11.9 Å². The van der Waals surface area contributed by atoms with Crippen LogP contribution in [0.2, 0.25) is 0 Å². The van der Waals surface area contributed by atoms with Crippen molar-refractivity contribution in [3.8, 4) is 0 Å². The molecule has 2 N–H and O–H groups in total. The first-order valence-electron chi connectivity index (χ1n) is 15.7. The third kappa shape index (κ3) is 4.32. The summed E-state index contributed by atoms with van der Waals surface area (Å²) in [4.78, 5) is 23.4. The van der Waals surface area contributed by atoms with E-state index in [4.69, 9.17) is 14.6 Å². The van der Waals surface area contributed by atoms with E-state index in [1.165, 1.54) is 32.1 Å².